The van der Waals surface area contributed by atoms with Crippen LogP contribution in [0.4, 0.5) is 0 Å². The van der Waals surface area contributed by atoms with Gasteiger partial charge in [-0.1, -0.05) is 31.9 Å². The molecule has 0 rings (SSSR count). The number of carboxylic acids is 1. The van der Waals surface area contributed by atoms with Gasteiger partial charge in [-0.15, -0.1) is 0 Å². The van der Waals surface area contributed by atoms with Crippen LogP contribution in [0.25, 0.3) is 0 Å². The Bertz CT molecular complexity index is 243. The zero-order valence-electron chi connectivity index (χ0n) is 12.8. The van der Waals surface area contributed by atoms with E-state index in [4.69, 9.17) is 5.11 Å². The van der Waals surface area contributed by atoms with Crippen LogP contribution in [-0.2, 0) is 4.79 Å². The molecule has 0 amide bonds. The second kappa shape index (κ2) is 17.0. The first-order valence-corrected chi connectivity index (χ1v) is 10.1. The highest BCUT2D eigenvalue weighted by molar-refractivity contribution is 7.99. The van der Waals surface area contributed by atoms with E-state index in [1.165, 1.54) is 56.5 Å². The standard InChI is InChI=1S/C16H30O2S2/c1-2-3-8-12-19-13-9-6-4-5-7-10-14-20-15-11-16(17)18/h4,6H,2-3,5,7-15H2,1H3,(H,17,18). The Hall–Kier alpha value is -0.0900. The number of thioether (sulfide) groups is 2. The molecule has 0 unspecified atom stereocenters. The molecule has 2 nitrogen and oxygen atoms in total. The fourth-order valence-electron chi connectivity index (χ4n) is 1.67. The maximum Gasteiger partial charge on any atom is 0.304 e. The third-order valence-corrected chi connectivity index (χ3v) is 5.03. The summed E-state index contributed by atoms with van der Waals surface area (Å²) in [5.74, 6) is 3.72. The van der Waals surface area contributed by atoms with Crippen LogP contribution in [0.3, 0.4) is 0 Å². The van der Waals surface area contributed by atoms with Gasteiger partial charge < -0.3 is 5.11 Å². The summed E-state index contributed by atoms with van der Waals surface area (Å²) in [7, 11) is 0. The highest BCUT2D eigenvalue weighted by Crippen LogP contribution is 2.10. The maximum atomic E-state index is 10.3. The van der Waals surface area contributed by atoms with Gasteiger partial charge in [0.05, 0.1) is 6.42 Å². The first kappa shape index (κ1) is 19.9. The Balaban J connectivity index is 3.07. The van der Waals surface area contributed by atoms with Crippen molar-refractivity contribution in [2.45, 2.75) is 58.3 Å². The van der Waals surface area contributed by atoms with Crippen molar-refractivity contribution in [2.24, 2.45) is 0 Å². The predicted molar refractivity (Wildman–Crippen MR) is 94.0 cm³/mol. The van der Waals surface area contributed by atoms with Crippen molar-refractivity contribution in [3.63, 3.8) is 0 Å². The summed E-state index contributed by atoms with van der Waals surface area (Å²) in [6.45, 7) is 2.25. The second-order valence-corrected chi connectivity index (χ2v) is 7.28. The van der Waals surface area contributed by atoms with Gasteiger partial charge in [-0.05, 0) is 49.4 Å². The molecule has 0 aliphatic rings. The Labute approximate surface area is 133 Å². The molecule has 0 aliphatic heterocycles. The van der Waals surface area contributed by atoms with Crippen LogP contribution >= 0.6 is 23.5 Å². The number of hydrogen-bond donors (Lipinski definition) is 1. The highest BCUT2D eigenvalue weighted by atomic mass is 32.2. The summed E-state index contributed by atoms with van der Waals surface area (Å²) < 4.78 is 0. The third-order valence-electron chi connectivity index (χ3n) is 2.86. The average Bonchev–Trinajstić information content (AvgIpc) is 2.43. The molecule has 0 saturated heterocycles. The normalized spacial score (nSPS) is 11.2. The number of rotatable bonds is 15. The molecule has 20 heavy (non-hydrogen) atoms. The van der Waals surface area contributed by atoms with Gasteiger partial charge in [0, 0.05) is 5.75 Å². The lowest BCUT2D eigenvalue weighted by Crippen LogP contribution is -1.96. The van der Waals surface area contributed by atoms with Crippen molar-refractivity contribution in [1.82, 2.24) is 0 Å². The summed E-state index contributed by atoms with van der Waals surface area (Å²) in [6, 6.07) is 0. The number of aliphatic carboxylic acids is 1. The molecule has 0 radical (unpaired) electrons. The summed E-state index contributed by atoms with van der Waals surface area (Å²) in [5.41, 5.74) is 0. The van der Waals surface area contributed by atoms with Gasteiger partial charge in [0.25, 0.3) is 0 Å². The molecule has 1 N–H and O–H groups in total. The average molecular weight is 319 g/mol. The molecular formula is C16H30O2S2. The first-order valence-electron chi connectivity index (χ1n) is 7.79. The zero-order chi connectivity index (χ0) is 14.9. The number of carbonyl (C=O) groups is 1. The van der Waals surface area contributed by atoms with Crippen molar-refractivity contribution in [3.05, 3.63) is 12.2 Å². The van der Waals surface area contributed by atoms with Crippen LogP contribution in [0, 0.1) is 0 Å². The Morgan fingerprint density at radius 3 is 2.25 bits per heavy atom. The minimum atomic E-state index is -0.687. The monoisotopic (exact) mass is 318 g/mol. The Morgan fingerprint density at radius 2 is 1.55 bits per heavy atom. The molecule has 0 bridgehead atoms. The van der Waals surface area contributed by atoms with Gasteiger partial charge in [0.15, 0.2) is 0 Å². The van der Waals surface area contributed by atoms with E-state index in [0.717, 1.165) is 11.5 Å². The summed E-state index contributed by atoms with van der Waals surface area (Å²) >= 11 is 3.82. The number of unbranched alkanes of at least 4 members (excludes halogenated alkanes) is 4. The van der Waals surface area contributed by atoms with Crippen LogP contribution in [-0.4, -0.2) is 34.1 Å². The van der Waals surface area contributed by atoms with Crippen molar-refractivity contribution < 1.29 is 9.90 Å². The molecule has 0 saturated carbocycles. The van der Waals surface area contributed by atoms with E-state index in [0.29, 0.717) is 6.42 Å². The Morgan fingerprint density at radius 1 is 0.900 bits per heavy atom. The SMILES string of the molecule is CCCCCSCCC=CCCCCSCCC(=O)O. The van der Waals surface area contributed by atoms with Crippen molar-refractivity contribution >= 4 is 29.5 Å². The van der Waals surface area contributed by atoms with Crippen LogP contribution in [0.5, 0.6) is 0 Å². The van der Waals surface area contributed by atoms with E-state index in [2.05, 4.69) is 30.8 Å². The van der Waals surface area contributed by atoms with Crippen LogP contribution in [0.15, 0.2) is 12.2 Å². The van der Waals surface area contributed by atoms with Crippen molar-refractivity contribution in [2.75, 3.05) is 23.0 Å². The first-order chi connectivity index (χ1) is 9.77. The van der Waals surface area contributed by atoms with E-state index in [1.807, 2.05) is 0 Å². The molecule has 0 aliphatic carbocycles. The topological polar surface area (TPSA) is 37.3 Å². The molecule has 0 spiro atoms. The van der Waals surface area contributed by atoms with Gasteiger partial charge in [0.1, 0.15) is 0 Å². The van der Waals surface area contributed by atoms with Crippen LogP contribution < -0.4 is 0 Å². The summed E-state index contributed by atoms with van der Waals surface area (Å²) in [6.07, 6.45) is 13.7. The lowest BCUT2D eigenvalue weighted by Gasteiger charge is -1.99. The van der Waals surface area contributed by atoms with Crippen LogP contribution in [0.2, 0.25) is 0 Å². The molecule has 4 heteroatoms. The fraction of sp³-hybridized carbons (Fsp3) is 0.812. The number of carboxylic acid groups (broad SMARTS) is 1. The minimum absolute atomic E-state index is 0.292. The van der Waals surface area contributed by atoms with Crippen molar-refractivity contribution in [3.8, 4) is 0 Å². The minimum Gasteiger partial charge on any atom is -0.481 e. The van der Waals surface area contributed by atoms with Crippen LogP contribution in [0.1, 0.15) is 58.3 Å². The van der Waals surface area contributed by atoms with E-state index >= 15 is 0 Å². The molecule has 0 aromatic rings. The lowest BCUT2D eigenvalue weighted by atomic mass is 10.2. The van der Waals surface area contributed by atoms with E-state index in [1.54, 1.807) is 11.8 Å². The van der Waals surface area contributed by atoms with Gasteiger partial charge >= 0.3 is 5.97 Å². The largest absolute Gasteiger partial charge is 0.481 e. The second-order valence-electron chi connectivity index (χ2n) is 4.83. The quantitative estimate of drug-likeness (QED) is 0.331. The highest BCUT2D eigenvalue weighted by Gasteiger charge is 1.96. The Kier molecular flexibility index (Phi) is 16.9. The maximum absolute atomic E-state index is 10.3. The van der Waals surface area contributed by atoms with Gasteiger partial charge in [-0.2, -0.15) is 23.5 Å². The van der Waals surface area contributed by atoms with Gasteiger partial charge in [0.2, 0.25) is 0 Å². The molecule has 0 aromatic heterocycles. The number of allylic oxidation sites excluding steroid dienone is 2. The molecule has 0 aromatic carbocycles. The molecular weight excluding hydrogens is 288 g/mol. The zero-order valence-corrected chi connectivity index (χ0v) is 14.4. The van der Waals surface area contributed by atoms with Gasteiger partial charge in [-0.3, -0.25) is 4.79 Å². The summed E-state index contributed by atoms with van der Waals surface area (Å²) in [4.78, 5) is 10.3. The van der Waals surface area contributed by atoms with E-state index in [-0.39, 0.29) is 0 Å². The summed E-state index contributed by atoms with van der Waals surface area (Å²) in [5, 5.41) is 8.49. The predicted octanol–water partition coefficient (Wildman–Crippen LogP) is 5.23. The fourth-order valence-corrected chi connectivity index (χ4v) is 3.52. The van der Waals surface area contributed by atoms with Gasteiger partial charge in [-0.25, -0.2) is 0 Å². The van der Waals surface area contributed by atoms with E-state index < -0.39 is 5.97 Å². The molecule has 0 heterocycles. The third kappa shape index (κ3) is 17.9. The van der Waals surface area contributed by atoms with Crippen molar-refractivity contribution in [1.29, 1.82) is 0 Å². The lowest BCUT2D eigenvalue weighted by molar-refractivity contribution is -0.136. The number of hydrogen-bond acceptors (Lipinski definition) is 3. The molecule has 0 atom stereocenters. The molecule has 0 fully saturated rings. The molecule has 118 valence electrons. The van der Waals surface area contributed by atoms with E-state index in [9.17, 15) is 4.79 Å². The smallest absolute Gasteiger partial charge is 0.304 e.